The number of aromatic nitrogens is 3. The lowest BCUT2D eigenvalue weighted by Crippen LogP contribution is -2.41. The maximum Gasteiger partial charge on any atom is 0.191 e. The van der Waals surface area contributed by atoms with Gasteiger partial charge in [-0.3, -0.25) is 0 Å². The summed E-state index contributed by atoms with van der Waals surface area (Å²) >= 11 is 1.79. The minimum absolute atomic E-state index is 0.282. The van der Waals surface area contributed by atoms with Crippen molar-refractivity contribution < 1.29 is 0 Å². The molecule has 0 radical (unpaired) electrons. The topological polar surface area (TPSA) is 56.7 Å². The molecular weight excluding hydrogens is 232 g/mol. The number of aryl methyl sites for hydroxylation is 1. The highest BCUT2D eigenvalue weighted by molar-refractivity contribution is 7.99. The molecule has 2 N–H and O–H groups in total. The number of thioether (sulfide) groups is 1. The number of nitrogens with zero attached hydrogens (tertiary/aromatic N) is 3. The summed E-state index contributed by atoms with van der Waals surface area (Å²) in [5.41, 5.74) is 6.63. The third-order valence-electron chi connectivity index (χ3n) is 3.70. The first-order valence-corrected chi connectivity index (χ1v) is 7.05. The van der Waals surface area contributed by atoms with E-state index in [2.05, 4.69) is 24.0 Å². The number of hydrogen-bond donors (Lipinski definition) is 1. The van der Waals surface area contributed by atoms with Gasteiger partial charge < -0.3 is 10.3 Å². The van der Waals surface area contributed by atoms with Crippen LogP contribution in [0.3, 0.4) is 0 Å². The molecule has 1 saturated carbocycles. The van der Waals surface area contributed by atoms with Crippen molar-refractivity contribution in [2.75, 3.05) is 0 Å². The van der Waals surface area contributed by atoms with Crippen molar-refractivity contribution in [1.29, 1.82) is 0 Å². The van der Waals surface area contributed by atoms with E-state index in [0.29, 0.717) is 10.7 Å². The molecule has 17 heavy (non-hydrogen) atoms. The molecule has 0 amide bonds. The van der Waals surface area contributed by atoms with E-state index in [0.717, 1.165) is 23.8 Å². The SMILES string of the molecule is Cc1nnc(SC2CC(C)(C)CCC2N)n1C. The smallest absolute Gasteiger partial charge is 0.191 e. The van der Waals surface area contributed by atoms with E-state index in [1.54, 1.807) is 11.8 Å². The van der Waals surface area contributed by atoms with Crippen LogP contribution < -0.4 is 5.73 Å². The van der Waals surface area contributed by atoms with Gasteiger partial charge in [-0.2, -0.15) is 0 Å². The fourth-order valence-electron chi connectivity index (χ4n) is 2.30. The van der Waals surface area contributed by atoms with Gasteiger partial charge in [-0.25, -0.2) is 0 Å². The third-order valence-corrected chi connectivity index (χ3v) is 5.08. The zero-order valence-corrected chi connectivity index (χ0v) is 11.9. The van der Waals surface area contributed by atoms with Gasteiger partial charge in [0.25, 0.3) is 0 Å². The molecule has 2 atom stereocenters. The third kappa shape index (κ3) is 2.83. The standard InChI is InChI=1S/C12H22N4S/c1-8-14-15-11(16(8)4)17-10-7-12(2,3)6-5-9(10)13/h9-10H,5-7,13H2,1-4H3. The Morgan fingerprint density at radius 3 is 2.71 bits per heavy atom. The molecule has 1 aromatic rings. The van der Waals surface area contributed by atoms with Gasteiger partial charge in [0, 0.05) is 18.3 Å². The molecule has 5 heteroatoms. The summed E-state index contributed by atoms with van der Waals surface area (Å²) in [6.45, 7) is 6.63. The molecule has 0 aliphatic heterocycles. The summed E-state index contributed by atoms with van der Waals surface area (Å²) in [6, 6.07) is 0.282. The van der Waals surface area contributed by atoms with Crippen LogP contribution in [0.25, 0.3) is 0 Å². The van der Waals surface area contributed by atoms with E-state index in [1.807, 2.05) is 18.5 Å². The van der Waals surface area contributed by atoms with Crippen LogP contribution in [0.5, 0.6) is 0 Å². The highest BCUT2D eigenvalue weighted by Gasteiger charge is 2.34. The largest absolute Gasteiger partial charge is 0.327 e. The van der Waals surface area contributed by atoms with Gasteiger partial charge in [0.1, 0.15) is 5.82 Å². The van der Waals surface area contributed by atoms with E-state index >= 15 is 0 Å². The Balaban J connectivity index is 2.09. The Kier molecular flexibility index (Phi) is 3.50. The van der Waals surface area contributed by atoms with Crippen LogP contribution >= 0.6 is 11.8 Å². The molecule has 0 spiro atoms. The van der Waals surface area contributed by atoms with Crippen molar-refractivity contribution in [2.24, 2.45) is 18.2 Å². The number of hydrogen-bond acceptors (Lipinski definition) is 4. The highest BCUT2D eigenvalue weighted by Crippen LogP contribution is 2.41. The van der Waals surface area contributed by atoms with Crippen LogP contribution in [-0.4, -0.2) is 26.1 Å². The summed E-state index contributed by atoms with van der Waals surface area (Å²) in [4.78, 5) is 0. The summed E-state index contributed by atoms with van der Waals surface area (Å²) < 4.78 is 2.04. The fraction of sp³-hybridized carbons (Fsp3) is 0.833. The Morgan fingerprint density at radius 2 is 2.12 bits per heavy atom. The maximum absolute atomic E-state index is 6.23. The monoisotopic (exact) mass is 254 g/mol. The molecule has 96 valence electrons. The molecule has 0 bridgehead atoms. The van der Waals surface area contributed by atoms with Gasteiger partial charge in [-0.05, 0) is 31.6 Å². The van der Waals surface area contributed by atoms with Crippen LogP contribution in [0, 0.1) is 12.3 Å². The predicted molar refractivity (Wildman–Crippen MR) is 71.0 cm³/mol. The number of rotatable bonds is 2. The average molecular weight is 254 g/mol. The van der Waals surface area contributed by atoms with Crippen LogP contribution in [0.4, 0.5) is 0 Å². The zero-order chi connectivity index (χ0) is 12.6. The molecule has 1 aliphatic rings. The van der Waals surface area contributed by atoms with Gasteiger partial charge in [0.05, 0.1) is 0 Å². The van der Waals surface area contributed by atoms with Gasteiger partial charge in [-0.15, -0.1) is 10.2 Å². The summed E-state index contributed by atoms with van der Waals surface area (Å²) in [5, 5.41) is 9.75. The summed E-state index contributed by atoms with van der Waals surface area (Å²) in [6.07, 6.45) is 3.50. The van der Waals surface area contributed by atoms with Crippen molar-refractivity contribution in [3.63, 3.8) is 0 Å². The molecule has 1 heterocycles. The molecule has 2 unspecified atom stereocenters. The first-order valence-electron chi connectivity index (χ1n) is 6.17. The van der Waals surface area contributed by atoms with Crippen LogP contribution in [0.2, 0.25) is 0 Å². The number of nitrogens with two attached hydrogens (primary N) is 1. The Bertz CT molecular complexity index is 399. The van der Waals surface area contributed by atoms with E-state index in [9.17, 15) is 0 Å². The van der Waals surface area contributed by atoms with Crippen LogP contribution in [0.1, 0.15) is 38.9 Å². The lowest BCUT2D eigenvalue weighted by Gasteiger charge is -2.38. The quantitative estimate of drug-likeness (QED) is 0.878. The second-order valence-electron chi connectivity index (χ2n) is 5.82. The molecule has 4 nitrogen and oxygen atoms in total. The molecule has 1 fully saturated rings. The van der Waals surface area contributed by atoms with E-state index in [-0.39, 0.29) is 6.04 Å². The molecular formula is C12H22N4S. The second-order valence-corrected chi connectivity index (χ2v) is 7.02. The molecule has 0 saturated heterocycles. The summed E-state index contributed by atoms with van der Waals surface area (Å²) in [7, 11) is 2.01. The van der Waals surface area contributed by atoms with Crippen LogP contribution in [0.15, 0.2) is 5.16 Å². The van der Waals surface area contributed by atoms with Crippen molar-refractivity contribution in [1.82, 2.24) is 14.8 Å². The minimum Gasteiger partial charge on any atom is -0.327 e. The van der Waals surface area contributed by atoms with E-state index in [1.165, 1.54) is 6.42 Å². The normalized spacial score (nSPS) is 28.3. The van der Waals surface area contributed by atoms with Gasteiger partial charge in [-0.1, -0.05) is 25.6 Å². The Morgan fingerprint density at radius 1 is 1.41 bits per heavy atom. The molecule has 2 rings (SSSR count). The Labute approximate surface area is 107 Å². The molecule has 1 aliphatic carbocycles. The first-order chi connectivity index (χ1) is 7.89. The van der Waals surface area contributed by atoms with Gasteiger partial charge in [0.15, 0.2) is 5.16 Å². The minimum atomic E-state index is 0.282. The second kappa shape index (κ2) is 4.61. The highest BCUT2D eigenvalue weighted by atomic mass is 32.2. The van der Waals surface area contributed by atoms with Gasteiger partial charge in [0.2, 0.25) is 0 Å². The van der Waals surface area contributed by atoms with E-state index in [4.69, 9.17) is 5.73 Å². The van der Waals surface area contributed by atoms with Crippen molar-refractivity contribution in [3.8, 4) is 0 Å². The van der Waals surface area contributed by atoms with E-state index < -0.39 is 0 Å². The van der Waals surface area contributed by atoms with Gasteiger partial charge >= 0.3 is 0 Å². The average Bonchev–Trinajstić information content (AvgIpc) is 2.55. The Hall–Kier alpha value is -0.550. The van der Waals surface area contributed by atoms with Crippen molar-refractivity contribution in [3.05, 3.63) is 5.82 Å². The van der Waals surface area contributed by atoms with Crippen LogP contribution in [-0.2, 0) is 7.05 Å². The lowest BCUT2D eigenvalue weighted by molar-refractivity contribution is 0.232. The zero-order valence-electron chi connectivity index (χ0n) is 11.1. The predicted octanol–water partition coefficient (Wildman–Crippen LogP) is 2.12. The molecule has 0 aromatic carbocycles. The summed E-state index contributed by atoms with van der Waals surface area (Å²) in [5.74, 6) is 0.955. The maximum atomic E-state index is 6.23. The fourth-order valence-corrected chi connectivity index (χ4v) is 3.79. The lowest BCUT2D eigenvalue weighted by atomic mass is 9.75. The molecule has 1 aromatic heterocycles. The van der Waals surface area contributed by atoms with Crippen molar-refractivity contribution >= 4 is 11.8 Å². The first kappa shape index (κ1) is 12.9. The van der Waals surface area contributed by atoms with Crippen molar-refractivity contribution in [2.45, 2.75) is 56.5 Å².